The van der Waals surface area contributed by atoms with Crippen LogP contribution in [-0.2, 0) is 11.3 Å². The van der Waals surface area contributed by atoms with Gasteiger partial charge >= 0.3 is 6.09 Å². The molecule has 1 aromatic heterocycles. The van der Waals surface area contributed by atoms with Gasteiger partial charge in [0.1, 0.15) is 5.60 Å². The molecular formula is C19H26N6O2. The topological polar surface area (TPSA) is 76.4 Å². The Hall–Kier alpha value is -2.48. The van der Waals surface area contributed by atoms with Gasteiger partial charge in [-0.3, -0.25) is 4.90 Å². The molecule has 27 heavy (non-hydrogen) atoms. The molecule has 0 radical (unpaired) electrons. The first kappa shape index (κ1) is 17.9. The molecule has 1 amide bonds. The van der Waals surface area contributed by atoms with Crippen molar-refractivity contribution in [1.82, 2.24) is 30.0 Å². The Morgan fingerprint density at radius 2 is 1.93 bits per heavy atom. The van der Waals surface area contributed by atoms with E-state index in [-0.39, 0.29) is 12.1 Å². The zero-order valence-corrected chi connectivity index (χ0v) is 16.3. The highest BCUT2D eigenvalue weighted by atomic mass is 16.6. The molecule has 2 atom stereocenters. The van der Waals surface area contributed by atoms with Crippen molar-refractivity contribution in [3.8, 4) is 5.69 Å². The van der Waals surface area contributed by atoms with Crippen molar-refractivity contribution in [3.05, 3.63) is 35.7 Å². The summed E-state index contributed by atoms with van der Waals surface area (Å²) in [5.74, 6) is 0.815. The smallest absolute Gasteiger partial charge is 0.410 e. The average molecular weight is 370 g/mol. The molecule has 144 valence electrons. The number of carbonyl (C=O) groups excluding carboxylic acids is 1. The Balaban J connectivity index is 1.42. The number of fused-ring (bicyclic) bond motifs is 2. The molecular weight excluding hydrogens is 344 g/mol. The van der Waals surface area contributed by atoms with Gasteiger partial charge in [0.2, 0.25) is 0 Å². The summed E-state index contributed by atoms with van der Waals surface area (Å²) >= 11 is 0. The standard InChI is InChI=1S/C19H26N6O2/c1-13-5-7-14(8-6-13)25-17(20-21-22-25)12-23-10-16-9-15(23)11-24(16)18(26)27-19(2,3)4/h5-8,15-16H,9-12H2,1-4H3/t15-,16-/m0/s1. The van der Waals surface area contributed by atoms with E-state index in [0.717, 1.165) is 24.5 Å². The van der Waals surface area contributed by atoms with Gasteiger partial charge in [-0.25, -0.2) is 4.79 Å². The molecule has 1 aromatic carbocycles. The Bertz CT molecular complexity index is 825. The van der Waals surface area contributed by atoms with Crippen molar-refractivity contribution >= 4 is 6.09 Å². The summed E-state index contributed by atoms with van der Waals surface area (Å²) in [4.78, 5) is 16.6. The second-order valence-corrected chi connectivity index (χ2v) is 8.45. The monoisotopic (exact) mass is 370 g/mol. The molecule has 0 aliphatic carbocycles. The fourth-order valence-electron chi connectivity index (χ4n) is 3.86. The minimum atomic E-state index is -0.464. The molecule has 8 heteroatoms. The number of hydrogen-bond acceptors (Lipinski definition) is 6. The first-order valence-electron chi connectivity index (χ1n) is 9.38. The molecule has 2 aliphatic heterocycles. The summed E-state index contributed by atoms with van der Waals surface area (Å²) in [5, 5.41) is 12.2. The third-order valence-electron chi connectivity index (χ3n) is 5.14. The van der Waals surface area contributed by atoms with Crippen LogP contribution < -0.4 is 0 Å². The second kappa shape index (κ2) is 6.60. The van der Waals surface area contributed by atoms with Crippen molar-refractivity contribution in [2.75, 3.05) is 13.1 Å². The molecule has 8 nitrogen and oxygen atoms in total. The van der Waals surface area contributed by atoms with Gasteiger partial charge in [0.25, 0.3) is 0 Å². The number of nitrogens with zero attached hydrogens (tertiary/aromatic N) is 6. The maximum absolute atomic E-state index is 12.4. The Morgan fingerprint density at radius 3 is 2.56 bits per heavy atom. The molecule has 4 rings (SSSR count). The molecule has 2 aromatic rings. The van der Waals surface area contributed by atoms with E-state index in [1.807, 2.05) is 37.8 Å². The van der Waals surface area contributed by atoms with Crippen molar-refractivity contribution in [2.24, 2.45) is 0 Å². The number of aromatic nitrogens is 4. The summed E-state index contributed by atoms with van der Waals surface area (Å²) < 4.78 is 7.32. The number of likely N-dealkylation sites (tertiary alicyclic amines) is 2. The van der Waals surface area contributed by atoms with Gasteiger partial charge in [0, 0.05) is 25.2 Å². The fraction of sp³-hybridized carbons (Fsp3) is 0.579. The molecule has 0 spiro atoms. The lowest BCUT2D eigenvalue weighted by Gasteiger charge is -2.34. The normalized spacial score (nSPS) is 22.4. The molecule has 0 saturated carbocycles. The molecule has 0 N–H and O–H groups in total. The molecule has 3 heterocycles. The number of tetrazole rings is 1. The predicted octanol–water partition coefficient (Wildman–Crippen LogP) is 2.16. The van der Waals surface area contributed by atoms with Crippen molar-refractivity contribution < 1.29 is 9.53 Å². The fourth-order valence-corrected chi connectivity index (χ4v) is 3.86. The summed E-state index contributed by atoms with van der Waals surface area (Å²) in [6.07, 6.45) is 0.768. The first-order chi connectivity index (χ1) is 12.8. The minimum absolute atomic E-state index is 0.202. The van der Waals surface area contributed by atoms with Crippen LogP contribution in [0.4, 0.5) is 4.79 Å². The highest BCUT2D eigenvalue weighted by molar-refractivity contribution is 5.69. The summed E-state index contributed by atoms with van der Waals surface area (Å²) in [6, 6.07) is 8.68. The minimum Gasteiger partial charge on any atom is -0.444 e. The predicted molar refractivity (Wildman–Crippen MR) is 99.4 cm³/mol. The van der Waals surface area contributed by atoms with Crippen molar-refractivity contribution in [2.45, 2.75) is 58.3 Å². The highest BCUT2D eigenvalue weighted by Crippen LogP contribution is 2.32. The van der Waals surface area contributed by atoms with Gasteiger partial charge in [-0.1, -0.05) is 17.7 Å². The number of ether oxygens (including phenoxy) is 1. The Labute approximate surface area is 159 Å². The van der Waals surface area contributed by atoms with Gasteiger partial charge in [0.05, 0.1) is 12.2 Å². The van der Waals surface area contributed by atoms with Crippen LogP contribution in [0.5, 0.6) is 0 Å². The second-order valence-electron chi connectivity index (χ2n) is 8.45. The highest BCUT2D eigenvalue weighted by Gasteiger charge is 2.46. The van der Waals surface area contributed by atoms with Gasteiger partial charge in [-0.2, -0.15) is 4.68 Å². The van der Waals surface area contributed by atoms with Gasteiger partial charge in [-0.15, -0.1) is 5.10 Å². The van der Waals surface area contributed by atoms with E-state index in [1.165, 1.54) is 5.56 Å². The van der Waals surface area contributed by atoms with Crippen LogP contribution in [0.1, 0.15) is 38.6 Å². The third-order valence-corrected chi connectivity index (χ3v) is 5.14. The summed E-state index contributed by atoms with van der Waals surface area (Å²) in [7, 11) is 0. The maximum atomic E-state index is 12.4. The van der Waals surface area contributed by atoms with E-state index in [9.17, 15) is 4.79 Å². The van der Waals surface area contributed by atoms with Crippen LogP contribution in [0.3, 0.4) is 0 Å². The van der Waals surface area contributed by atoms with E-state index in [1.54, 1.807) is 4.68 Å². The van der Waals surface area contributed by atoms with Crippen molar-refractivity contribution in [1.29, 1.82) is 0 Å². The summed E-state index contributed by atoms with van der Waals surface area (Å²) in [5.41, 5.74) is 1.70. The number of aryl methyl sites for hydroxylation is 1. The van der Waals surface area contributed by atoms with Crippen LogP contribution in [0.25, 0.3) is 5.69 Å². The van der Waals surface area contributed by atoms with Crippen LogP contribution >= 0.6 is 0 Å². The number of benzene rings is 1. The largest absolute Gasteiger partial charge is 0.444 e. The lowest BCUT2D eigenvalue weighted by Crippen LogP contribution is -2.49. The van der Waals surface area contributed by atoms with Gasteiger partial charge in [-0.05, 0) is 56.7 Å². The van der Waals surface area contributed by atoms with E-state index >= 15 is 0 Å². The third kappa shape index (κ3) is 3.66. The summed E-state index contributed by atoms with van der Waals surface area (Å²) in [6.45, 7) is 9.95. The van der Waals surface area contributed by atoms with E-state index < -0.39 is 5.60 Å². The Morgan fingerprint density at radius 1 is 1.19 bits per heavy atom. The lowest BCUT2D eigenvalue weighted by molar-refractivity contribution is 0.0121. The zero-order valence-electron chi connectivity index (χ0n) is 16.3. The number of carbonyl (C=O) groups is 1. The van der Waals surface area contributed by atoms with Crippen molar-refractivity contribution in [3.63, 3.8) is 0 Å². The van der Waals surface area contributed by atoms with Crippen LogP contribution in [0.2, 0.25) is 0 Å². The molecule has 2 fully saturated rings. The Kier molecular flexibility index (Phi) is 4.38. The number of piperazine rings is 1. The molecule has 2 aliphatic rings. The molecule has 2 bridgehead atoms. The molecule has 2 saturated heterocycles. The van der Waals surface area contributed by atoms with E-state index in [2.05, 4.69) is 39.5 Å². The van der Waals surface area contributed by atoms with E-state index in [0.29, 0.717) is 19.1 Å². The van der Waals surface area contributed by atoms with E-state index in [4.69, 9.17) is 4.74 Å². The molecule has 0 unspecified atom stereocenters. The quantitative estimate of drug-likeness (QED) is 0.824. The number of hydrogen-bond donors (Lipinski definition) is 0. The SMILES string of the molecule is Cc1ccc(-n2nnnc2CN2C[C@@H]3C[C@H]2CN3C(=O)OC(C)(C)C)cc1. The van der Waals surface area contributed by atoms with Crippen LogP contribution in [0.15, 0.2) is 24.3 Å². The zero-order chi connectivity index (χ0) is 19.2. The number of rotatable bonds is 3. The first-order valence-corrected chi connectivity index (χ1v) is 9.38. The maximum Gasteiger partial charge on any atom is 0.410 e. The lowest BCUT2D eigenvalue weighted by atomic mass is 10.2. The van der Waals surface area contributed by atoms with Gasteiger partial charge in [0.15, 0.2) is 5.82 Å². The number of amides is 1. The average Bonchev–Trinajstić information content (AvgIpc) is 3.29. The van der Waals surface area contributed by atoms with Crippen LogP contribution in [-0.4, -0.2) is 66.9 Å². The van der Waals surface area contributed by atoms with Gasteiger partial charge < -0.3 is 9.64 Å². The van der Waals surface area contributed by atoms with Crippen LogP contribution in [0, 0.1) is 6.92 Å².